The van der Waals surface area contributed by atoms with E-state index < -0.39 is 5.56 Å². The first kappa shape index (κ1) is 19.8. The Kier molecular flexibility index (Phi) is 5.10. The highest BCUT2D eigenvalue weighted by atomic mass is 35.5. The largest absolute Gasteiger partial charge is 0.504 e. The zero-order valence-electron chi connectivity index (χ0n) is 16.7. The highest BCUT2D eigenvalue weighted by molar-refractivity contribution is 6.34. The molecule has 0 aliphatic rings. The first-order chi connectivity index (χ1) is 14.3. The predicted octanol–water partition coefficient (Wildman–Crippen LogP) is 5.12. The number of H-pyrrole nitrogens is 1. The van der Waals surface area contributed by atoms with Gasteiger partial charge in [0.25, 0.3) is 5.56 Å². The highest BCUT2D eigenvalue weighted by Crippen LogP contribution is 2.38. The second kappa shape index (κ2) is 7.72. The van der Waals surface area contributed by atoms with Crippen molar-refractivity contribution in [1.82, 2.24) is 9.97 Å². The molecule has 7 heteroatoms. The van der Waals surface area contributed by atoms with Crippen LogP contribution >= 0.6 is 11.6 Å². The maximum Gasteiger partial charge on any atom is 0.295 e. The van der Waals surface area contributed by atoms with Crippen LogP contribution in [0, 0.1) is 6.92 Å². The van der Waals surface area contributed by atoms with E-state index in [0.717, 1.165) is 22.4 Å². The molecule has 2 heterocycles. The number of rotatable bonds is 4. The van der Waals surface area contributed by atoms with Gasteiger partial charge in [0.2, 0.25) is 11.6 Å². The van der Waals surface area contributed by atoms with Gasteiger partial charge < -0.3 is 19.7 Å². The molecule has 0 unspecified atom stereocenters. The molecular formula is C23H20ClN3O3. The fraction of sp³-hybridized carbons (Fsp3) is 0.130. The van der Waals surface area contributed by atoms with Crippen molar-refractivity contribution in [1.29, 1.82) is 0 Å². The lowest BCUT2D eigenvalue weighted by atomic mass is 10.0. The molecule has 0 spiro atoms. The van der Waals surface area contributed by atoms with Crippen molar-refractivity contribution in [2.45, 2.75) is 6.92 Å². The molecule has 0 radical (unpaired) electrons. The Bertz CT molecular complexity index is 1300. The predicted molar refractivity (Wildman–Crippen MR) is 120 cm³/mol. The smallest absolute Gasteiger partial charge is 0.295 e. The van der Waals surface area contributed by atoms with E-state index in [-0.39, 0.29) is 17.4 Å². The standard InChI is InChI=1S/C23H20ClN3O3/c1-13-8-9-25-20(10-13)30-22-21(28)17-11-16(18(24)12-19(17)26-23(22)29)14-4-6-15(7-5-14)27(2)3/h4-12H,1-3H3,(H2,26,28,29). The summed E-state index contributed by atoms with van der Waals surface area (Å²) in [5.74, 6) is -0.250. The van der Waals surface area contributed by atoms with Gasteiger partial charge in [-0.2, -0.15) is 0 Å². The molecule has 0 atom stereocenters. The molecule has 6 nitrogen and oxygen atoms in total. The van der Waals surface area contributed by atoms with Gasteiger partial charge in [0.15, 0.2) is 5.75 Å². The van der Waals surface area contributed by atoms with E-state index in [1.54, 1.807) is 24.4 Å². The molecule has 30 heavy (non-hydrogen) atoms. The van der Waals surface area contributed by atoms with Crippen LogP contribution < -0.4 is 15.2 Å². The van der Waals surface area contributed by atoms with Crippen molar-refractivity contribution in [2.24, 2.45) is 0 Å². The zero-order chi connectivity index (χ0) is 21.4. The number of pyridine rings is 2. The minimum absolute atomic E-state index is 0.211. The summed E-state index contributed by atoms with van der Waals surface area (Å²) in [7, 11) is 3.94. The molecular weight excluding hydrogens is 402 g/mol. The third-order valence-electron chi connectivity index (χ3n) is 4.82. The number of fused-ring (bicyclic) bond motifs is 1. The number of aryl methyl sites for hydroxylation is 1. The summed E-state index contributed by atoms with van der Waals surface area (Å²) in [5.41, 5.74) is 3.46. The van der Waals surface area contributed by atoms with Gasteiger partial charge in [-0.3, -0.25) is 4.79 Å². The molecule has 2 aromatic carbocycles. The summed E-state index contributed by atoms with van der Waals surface area (Å²) in [6.45, 7) is 1.88. The molecule has 4 rings (SSSR count). The number of benzene rings is 2. The average molecular weight is 422 g/mol. The maximum absolute atomic E-state index is 12.5. The Morgan fingerprint density at radius 2 is 1.83 bits per heavy atom. The van der Waals surface area contributed by atoms with Crippen molar-refractivity contribution >= 4 is 28.2 Å². The topological polar surface area (TPSA) is 78.5 Å². The zero-order valence-corrected chi connectivity index (χ0v) is 17.5. The number of halogens is 1. The van der Waals surface area contributed by atoms with E-state index in [0.29, 0.717) is 15.9 Å². The molecule has 0 amide bonds. The van der Waals surface area contributed by atoms with Crippen molar-refractivity contribution in [2.75, 3.05) is 19.0 Å². The van der Waals surface area contributed by atoms with Crippen molar-refractivity contribution < 1.29 is 9.84 Å². The van der Waals surface area contributed by atoms with Crippen LogP contribution in [0.4, 0.5) is 5.69 Å². The SMILES string of the molecule is Cc1ccnc(Oc2c(O)c3cc(-c4ccc(N(C)C)cc4)c(Cl)cc3[nH]c2=O)c1. The molecule has 152 valence electrons. The molecule has 0 aliphatic heterocycles. The first-order valence-electron chi connectivity index (χ1n) is 9.30. The number of aromatic hydroxyl groups is 1. The monoisotopic (exact) mass is 421 g/mol. The summed E-state index contributed by atoms with van der Waals surface area (Å²) in [6.07, 6.45) is 1.58. The summed E-state index contributed by atoms with van der Waals surface area (Å²) < 4.78 is 5.60. The quantitative estimate of drug-likeness (QED) is 0.478. The van der Waals surface area contributed by atoms with Gasteiger partial charge in [-0.25, -0.2) is 4.98 Å². The van der Waals surface area contributed by atoms with Gasteiger partial charge in [0.1, 0.15) is 0 Å². The maximum atomic E-state index is 12.5. The van der Waals surface area contributed by atoms with Crippen LogP contribution in [-0.4, -0.2) is 29.2 Å². The number of anilines is 1. The van der Waals surface area contributed by atoms with E-state index in [4.69, 9.17) is 16.3 Å². The summed E-state index contributed by atoms with van der Waals surface area (Å²) in [4.78, 5) is 21.3. The van der Waals surface area contributed by atoms with E-state index in [2.05, 4.69) is 9.97 Å². The van der Waals surface area contributed by atoms with Gasteiger partial charge in [0.05, 0.1) is 10.5 Å². The van der Waals surface area contributed by atoms with Crippen molar-refractivity contribution in [3.8, 4) is 28.5 Å². The van der Waals surface area contributed by atoms with Gasteiger partial charge in [0, 0.05) is 43.0 Å². The first-order valence-corrected chi connectivity index (χ1v) is 9.68. The van der Waals surface area contributed by atoms with E-state index in [1.807, 2.05) is 56.3 Å². The van der Waals surface area contributed by atoms with Crippen molar-refractivity contribution in [3.05, 3.63) is 75.7 Å². The Hall–Kier alpha value is -3.51. The second-order valence-electron chi connectivity index (χ2n) is 7.22. The van der Waals surface area contributed by atoms with Crippen molar-refractivity contribution in [3.63, 3.8) is 0 Å². The Morgan fingerprint density at radius 1 is 1.10 bits per heavy atom. The summed E-state index contributed by atoms with van der Waals surface area (Å²) in [5, 5.41) is 11.7. The Morgan fingerprint density at radius 3 is 2.50 bits per heavy atom. The Balaban J connectivity index is 1.83. The molecule has 4 aromatic rings. The van der Waals surface area contributed by atoms with Gasteiger partial charge in [-0.1, -0.05) is 23.7 Å². The highest BCUT2D eigenvalue weighted by Gasteiger charge is 2.17. The average Bonchev–Trinajstić information content (AvgIpc) is 2.71. The van der Waals surface area contributed by atoms with Crippen LogP contribution in [0.5, 0.6) is 17.4 Å². The minimum atomic E-state index is -0.567. The number of ether oxygens (including phenoxy) is 1. The Labute approximate surface area is 178 Å². The molecule has 0 saturated carbocycles. The number of nitrogens with zero attached hydrogens (tertiary/aromatic N) is 2. The van der Waals surface area contributed by atoms with Crippen LogP contribution in [0.2, 0.25) is 5.02 Å². The number of hydrogen-bond acceptors (Lipinski definition) is 5. The van der Waals surface area contributed by atoms with Crippen LogP contribution in [0.15, 0.2) is 59.5 Å². The molecule has 2 N–H and O–H groups in total. The molecule has 0 saturated heterocycles. The van der Waals surface area contributed by atoms with E-state index >= 15 is 0 Å². The molecule has 2 aromatic heterocycles. The molecule has 0 fully saturated rings. The number of nitrogens with one attached hydrogen (secondary N) is 1. The molecule has 0 aliphatic carbocycles. The number of hydrogen-bond donors (Lipinski definition) is 2. The summed E-state index contributed by atoms with van der Waals surface area (Å²) >= 11 is 6.48. The van der Waals surface area contributed by atoms with Crippen LogP contribution in [0.3, 0.4) is 0 Å². The normalized spacial score (nSPS) is 10.9. The van der Waals surface area contributed by atoms with Gasteiger partial charge in [-0.05, 0) is 48.4 Å². The van der Waals surface area contributed by atoms with E-state index in [1.165, 1.54) is 0 Å². The van der Waals surface area contributed by atoms with Gasteiger partial charge in [-0.15, -0.1) is 0 Å². The van der Waals surface area contributed by atoms with Gasteiger partial charge >= 0.3 is 0 Å². The number of aromatic nitrogens is 2. The third kappa shape index (κ3) is 3.69. The molecule has 0 bridgehead atoms. The van der Waals surface area contributed by atoms with Crippen LogP contribution in [-0.2, 0) is 0 Å². The fourth-order valence-electron chi connectivity index (χ4n) is 3.21. The lowest BCUT2D eigenvalue weighted by Gasteiger charge is -2.14. The summed E-state index contributed by atoms with van der Waals surface area (Å²) in [6, 6.07) is 14.8. The minimum Gasteiger partial charge on any atom is -0.504 e. The van der Waals surface area contributed by atoms with Crippen LogP contribution in [0.1, 0.15) is 5.56 Å². The van der Waals surface area contributed by atoms with E-state index in [9.17, 15) is 9.90 Å². The van der Waals surface area contributed by atoms with Crippen LogP contribution in [0.25, 0.3) is 22.0 Å². The lowest BCUT2D eigenvalue weighted by Crippen LogP contribution is -2.09. The second-order valence-corrected chi connectivity index (χ2v) is 7.63. The number of aromatic amines is 1. The fourth-order valence-corrected chi connectivity index (χ4v) is 3.48. The third-order valence-corrected chi connectivity index (χ3v) is 5.14. The lowest BCUT2D eigenvalue weighted by molar-refractivity contribution is 0.401.